The van der Waals surface area contributed by atoms with Crippen molar-refractivity contribution in [2.24, 2.45) is 0 Å². The van der Waals surface area contributed by atoms with E-state index in [9.17, 15) is 14.9 Å². The molecule has 1 fully saturated rings. The molecule has 1 saturated heterocycles. The van der Waals surface area contributed by atoms with Gasteiger partial charge in [0.1, 0.15) is 5.69 Å². The molecule has 0 saturated carbocycles. The van der Waals surface area contributed by atoms with E-state index >= 15 is 0 Å². The molecule has 0 radical (unpaired) electrons. The molecule has 0 spiro atoms. The highest BCUT2D eigenvalue weighted by atomic mass is 16.6. The number of benzene rings is 1. The highest BCUT2D eigenvalue weighted by Crippen LogP contribution is 2.28. The molecule has 2 rings (SSSR count). The molecule has 1 aromatic carbocycles. The largest absolute Gasteiger partial charge is 0.372 e. The zero-order chi connectivity index (χ0) is 14.0. The fourth-order valence-corrected chi connectivity index (χ4v) is 2.28. The van der Waals surface area contributed by atoms with Crippen LogP contribution in [0.2, 0.25) is 0 Å². The average Bonchev–Trinajstić information content (AvgIpc) is 2.90. The van der Waals surface area contributed by atoms with Gasteiger partial charge in [-0.15, -0.1) is 0 Å². The van der Waals surface area contributed by atoms with Gasteiger partial charge in [-0.1, -0.05) is 0 Å². The van der Waals surface area contributed by atoms with Gasteiger partial charge in [-0.25, -0.2) is 0 Å². The predicted molar refractivity (Wildman–Crippen MR) is 72.6 cm³/mol. The highest BCUT2D eigenvalue weighted by molar-refractivity contribution is 5.96. The van der Waals surface area contributed by atoms with E-state index < -0.39 is 4.92 Å². The van der Waals surface area contributed by atoms with Gasteiger partial charge in [0, 0.05) is 38.8 Å². The lowest BCUT2D eigenvalue weighted by Crippen LogP contribution is -2.27. The van der Waals surface area contributed by atoms with E-state index in [-0.39, 0.29) is 11.6 Å². The Balaban J connectivity index is 2.34. The summed E-state index contributed by atoms with van der Waals surface area (Å²) >= 11 is 0. The quantitative estimate of drug-likeness (QED) is 0.617. The monoisotopic (exact) mass is 263 g/mol. The van der Waals surface area contributed by atoms with Crippen LogP contribution in [0, 0.1) is 10.1 Å². The molecule has 0 aliphatic carbocycles. The topological polar surface area (TPSA) is 66.7 Å². The van der Waals surface area contributed by atoms with Crippen LogP contribution in [0.1, 0.15) is 23.2 Å². The molecule has 0 unspecified atom stereocenters. The molecule has 0 atom stereocenters. The third-order valence-electron chi connectivity index (χ3n) is 3.29. The van der Waals surface area contributed by atoms with Crippen molar-refractivity contribution in [3.63, 3.8) is 0 Å². The van der Waals surface area contributed by atoms with Crippen molar-refractivity contribution in [1.29, 1.82) is 0 Å². The number of nitrogens with zero attached hydrogens (tertiary/aromatic N) is 3. The first-order chi connectivity index (χ1) is 9.00. The van der Waals surface area contributed by atoms with Gasteiger partial charge in [0.15, 0.2) is 0 Å². The molecule has 6 nitrogen and oxygen atoms in total. The van der Waals surface area contributed by atoms with Gasteiger partial charge in [-0.05, 0) is 25.0 Å². The lowest BCUT2D eigenvalue weighted by molar-refractivity contribution is -0.384. The fraction of sp³-hybridized carbons (Fsp3) is 0.462. The summed E-state index contributed by atoms with van der Waals surface area (Å²) in [5.41, 5.74) is 0.859. The van der Waals surface area contributed by atoms with Gasteiger partial charge >= 0.3 is 0 Å². The number of hydrogen-bond acceptors (Lipinski definition) is 4. The summed E-state index contributed by atoms with van der Waals surface area (Å²) in [4.78, 5) is 26.2. The van der Waals surface area contributed by atoms with Crippen molar-refractivity contribution in [3.8, 4) is 0 Å². The van der Waals surface area contributed by atoms with E-state index in [1.165, 1.54) is 6.07 Å². The molecule has 1 heterocycles. The normalized spacial score (nSPS) is 14.5. The summed E-state index contributed by atoms with van der Waals surface area (Å²) in [7, 11) is 3.48. The second-order valence-electron chi connectivity index (χ2n) is 4.85. The van der Waals surface area contributed by atoms with Gasteiger partial charge in [0.05, 0.1) is 4.92 Å². The third-order valence-corrected chi connectivity index (χ3v) is 3.29. The van der Waals surface area contributed by atoms with Crippen LogP contribution < -0.4 is 4.90 Å². The van der Waals surface area contributed by atoms with Gasteiger partial charge in [-0.3, -0.25) is 14.9 Å². The Hall–Kier alpha value is -2.11. The van der Waals surface area contributed by atoms with Crippen molar-refractivity contribution in [3.05, 3.63) is 33.9 Å². The number of nitro groups is 1. The molecular formula is C13H17N3O3. The highest BCUT2D eigenvalue weighted by Gasteiger charge is 2.23. The van der Waals surface area contributed by atoms with E-state index in [1.807, 2.05) is 0 Å². The smallest absolute Gasteiger partial charge is 0.293 e. The summed E-state index contributed by atoms with van der Waals surface area (Å²) in [6.45, 7) is 1.48. The molecule has 0 bridgehead atoms. The van der Waals surface area contributed by atoms with Crippen LogP contribution in [0.15, 0.2) is 18.2 Å². The molecule has 1 aliphatic rings. The van der Waals surface area contributed by atoms with Crippen LogP contribution in [0.5, 0.6) is 0 Å². The van der Waals surface area contributed by atoms with Gasteiger partial charge in [-0.2, -0.15) is 0 Å². The van der Waals surface area contributed by atoms with Gasteiger partial charge < -0.3 is 9.80 Å². The maximum Gasteiger partial charge on any atom is 0.293 e. The van der Waals surface area contributed by atoms with Gasteiger partial charge in [0.25, 0.3) is 11.6 Å². The molecule has 1 aliphatic heterocycles. The van der Waals surface area contributed by atoms with Crippen molar-refractivity contribution in [2.45, 2.75) is 12.8 Å². The number of likely N-dealkylation sites (tertiary alicyclic amines) is 1. The zero-order valence-electron chi connectivity index (χ0n) is 11.1. The van der Waals surface area contributed by atoms with Crippen molar-refractivity contribution >= 4 is 17.3 Å². The van der Waals surface area contributed by atoms with E-state index in [4.69, 9.17) is 0 Å². The van der Waals surface area contributed by atoms with E-state index in [0.717, 1.165) is 25.9 Å². The molecule has 1 amide bonds. The molecule has 1 aromatic rings. The van der Waals surface area contributed by atoms with Crippen LogP contribution >= 0.6 is 0 Å². The molecule has 0 N–H and O–H groups in total. The Kier molecular flexibility index (Phi) is 3.69. The minimum atomic E-state index is -0.448. The standard InChI is InChI=1S/C13H17N3O3/c1-14(2)11-6-5-10(9-12(11)16(18)19)13(17)15-7-3-4-8-15/h5-6,9H,3-4,7-8H2,1-2H3. The molecular weight excluding hydrogens is 246 g/mol. The fourth-order valence-electron chi connectivity index (χ4n) is 2.28. The summed E-state index contributed by atoms with van der Waals surface area (Å²) in [6, 6.07) is 4.65. The first-order valence-corrected chi connectivity index (χ1v) is 6.26. The molecule has 0 aromatic heterocycles. The predicted octanol–water partition coefficient (Wildman–Crippen LogP) is 1.90. The lowest BCUT2D eigenvalue weighted by atomic mass is 10.1. The first-order valence-electron chi connectivity index (χ1n) is 6.26. The van der Waals surface area contributed by atoms with Crippen LogP contribution in [0.4, 0.5) is 11.4 Å². The van der Waals surface area contributed by atoms with Crippen LogP contribution in [-0.4, -0.2) is 42.9 Å². The SMILES string of the molecule is CN(C)c1ccc(C(=O)N2CCCC2)cc1[N+](=O)[O-]. The molecule has 19 heavy (non-hydrogen) atoms. The molecule has 6 heteroatoms. The second-order valence-corrected chi connectivity index (χ2v) is 4.85. The Morgan fingerprint density at radius 2 is 1.95 bits per heavy atom. The molecule has 102 valence electrons. The van der Waals surface area contributed by atoms with Crippen LogP contribution in [-0.2, 0) is 0 Å². The van der Waals surface area contributed by atoms with E-state index in [0.29, 0.717) is 11.3 Å². The number of rotatable bonds is 3. The van der Waals surface area contributed by atoms with Gasteiger partial charge in [0.2, 0.25) is 0 Å². The van der Waals surface area contributed by atoms with Crippen molar-refractivity contribution in [1.82, 2.24) is 4.90 Å². The van der Waals surface area contributed by atoms with Crippen molar-refractivity contribution < 1.29 is 9.72 Å². The van der Waals surface area contributed by atoms with E-state index in [2.05, 4.69) is 0 Å². The number of hydrogen-bond donors (Lipinski definition) is 0. The number of amides is 1. The van der Waals surface area contributed by atoms with E-state index in [1.54, 1.807) is 36.0 Å². The van der Waals surface area contributed by atoms with Crippen LogP contribution in [0.3, 0.4) is 0 Å². The maximum absolute atomic E-state index is 12.2. The first kappa shape index (κ1) is 13.3. The average molecular weight is 263 g/mol. The summed E-state index contributed by atoms with van der Waals surface area (Å²) in [5, 5.41) is 11.1. The third kappa shape index (κ3) is 2.67. The Bertz CT molecular complexity index is 508. The minimum Gasteiger partial charge on any atom is -0.372 e. The number of carbonyl (C=O) groups is 1. The second kappa shape index (κ2) is 5.26. The maximum atomic E-state index is 12.2. The lowest BCUT2D eigenvalue weighted by Gasteiger charge is -2.17. The number of anilines is 1. The zero-order valence-corrected chi connectivity index (χ0v) is 11.1. The number of nitro benzene ring substituents is 1. The number of carbonyl (C=O) groups excluding carboxylic acids is 1. The summed E-state index contributed by atoms with van der Waals surface area (Å²) in [6.07, 6.45) is 2.01. The Morgan fingerprint density at radius 3 is 2.47 bits per heavy atom. The minimum absolute atomic E-state index is 0.0324. The van der Waals surface area contributed by atoms with Crippen LogP contribution in [0.25, 0.3) is 0 Å². The summed E-state index contributed by atoms with van der Waals surface area (Å²) < 4.78 is 0. The Morgan fingerprint density at radius 1 is 1.32 bits per heavy atom. The summed E-state index contributed by atoms with van der Waals surface area (Å²) in [5.74, 6) is -0.120. The van der Waals surface area contributed by atoms with Crippen molar-refractivity contribution in [2.75, 3.05) is 32.1 Å². The Labute approximate surface area is 111 Å².